The first kappa shape index (κ1) is 27.9. The van der Waals surface area contributed by atoms with Crippen LogP contribution in [0.5, 0.6) is 0 Å². The Morgan fingerprint density at radius 3 is 2.72 bits per heavy atom. The van der Waals surface area contributed by atoms with Gasteiger partial charge in [-0.2, -0.15) is 13.2 Å². The molecule has 0 aromatic carbocycles. The third-order valence-corrected chi connectivity index (χ3v) is 7.35. The average Bonchev–Trinajstić information content (AvgIpc) is 3.43. The molecule has 36 heavy (non-hydrogen) atoms. The molecule has 198 valence electrons. The summed E-state index contributed by atoms with van der Waals surface area (Å²) in [6.07, 6.45) is -3.25. The molecule has 10 nitrogen and oxygen atoms in total. The van der Waals surface area contributed by atoms with Crippen molar-refractivity contribution in [2.24, 2.45) is 22.6 Å². The van der Waals surface area contributed by atoms with Gasteiger partial charge in [0.15, 0.2) is 10.9 Å². The number of thioether (sulfide) groups is 1. The maximum Gasteiger partial charge on any atom is 0.490 e. The number of fused-ring (bicyclic) bond motifs is 1. The lowest BCUT2D eigenvalue weighted by Crippen LogP contribution is -2.49. The molecule has 1 saturated heterocycles. The second-order valence-corrected chi connectivity index (χ2v) is 10.7. The van der Waals surface area contributed by atoms with Gasteiger partial charge in [-0.1, -0.05) is 30.8 Å². The SMILES string of the molecule is CC(C)Cc1cc(C(=O)Nc2csc([C@]34CO[C@@H](C)C[C@H]3CSC(N)=N4)n2)no1.O=C(O)C(F)(F)F. The van der Waals surface area contributed by atoms with E-state index in [0.717, 1.165) is 23.6 Å². The number of amidine groups is 1. The maximum atomic E-state index is 12.5. The Bertz CT molecular complexity index is 1120. The van der Waals surface area contributed by atoms with Crippen molar-refractivity contribution >= 4 is 46.0 Å². The molecule has 0 bridgehead atoms. The molecule has 3 atom stereocenters. The monoisotopic (exact) mass is 549 g/mol. The number of halogens is 3. The van der Waals surface area contributed by atoms with Gasteiger partial charge in [0.1, 0.15) is 22.1 Å². The first-order valence-electron chi connectivity index (χ1n) is 10.9. The van der Waals surface area contributed by atoms with Gasteiger partial charge in [0.2, 0.25) is 0 Å². The molecule has 0 aliphatic carbocycles. The van der Waals surface area contributed by atoms with Gasteiger partial charge >= 0.3 is 12.1 Å². The highest BCUT2D eigenvalue weighted by Crippen LogP contribution is 2.47. The predicted octanol–water partition coefficient (Wildman–Crippen LogP) is 3.90. The van der Waals surface area contributed by atoms with Gasteiger partial charge in [0.05, 0.1) is 12.7 Å². The summed E-state index contributed by atoms with van der Waals surface area (Å²) < 4.78 is 42.9. The third kappa shape index (κ3) is 6.76. The van der Waals surface area contributed by atoms with E-state index >= 15 is 0 Å². The molecule has 0 spiro atoms. The summed E-state index contributed by atoms with van der Waals surface area (Å²) in [6.45, 7) is 6.69. The number of ether oxygens (including phenoxy) is 1. The van der Waals surface area contributed by atoms with Crippen LogP contribution >= 0.6 is 23.1 Å². The van der Waals surface area contributed by atoms with E-state index in [4.69, 9.17) is 29.9 Å². The van der Waals surface area contributed by atoms with Crippen molar-refractivity contribution in [2.75, 3.05) is 17.7 Å². The number of aliphatic carboxylic acids is 1. The molecule has 1 amide bonds. The standard InChI is InChI=1S/C19H25N5O3S2.C2HF3O2/c1-10(2)4-13-6-14(24-27-13)16(25)21-15-8-28-17(22-15)19-9-26-11(3)5-12(19)7-29-18(20)23-19;3-2(4,5)1(6)7/h6,8,10-12H,4-5,7,9H2,1-3H3,(H2,20,23)(H,21,25);(H,6,7)/t11-,12-,19-;/m0./s1. The number of rotatable bonds is 5. The molecule has 2 aliphatic rings. The molecule has 0 unspecified atom stereocenters. The van der Waals surface area contributed by atoms with Gasteiger partial charge in [-0.25, -0.2) is 14.8 Å². The van der Waals surface area contributed by atoms with Crippen molar-refractivity contribution in [2.45, 2.75) is 51.4 Å². The number of carbonyl (C=O) groups is 2. The average molecular weight is 550 g/mol. The number of carboxylic acid groups (broad SMARTS) is 1. The smallest absolute Gasteiger partial charge is 0.475 e. The van der Waals surface area contributed by atoms with Crippen molar-refractivity contribution in [1.82, 2.24) is 10.1 Å². The molecule has 1 fully saturated rings. The van der Waals surface area contributed by atoms with Crippen LogP contribution in [0.1, 0.15) is 48.4 Å². The molecule has 4 N–H and O–H groups in total. The van der Waals surface area contributed by atoms with Gasteiger partial charge in [-0.3, -0.25) is 4.79 Å². The fraction of sp³-hybridized carbons (Fsp3) is 0.571. The zero-order valence-electron chi connectivity index (χ0n) is 19.7. The Hall–Kier alpha value is -2.65. The zero-order chi connectivity index (χ0) is 26.7. The molecule has 2 aromatic rings. The lowest BCUT2D eigenvalue weighted by Gasteiger charge is -2.44. The van der Waals surface area contributed by atoms with Crippen LogP contribution in [0.4, 0.5) is 19.0 Å². The van der Waals surface area contributed by atoms with E-state index in [-0.39, 0.29) is 17.7 Å². The maximum absolute atomic E-state index is 12.5. The number of carboxylic acids is 1. The molecule has 2 aliphatic heterocycles. The van der Waals surface area contributed by atoms with Crippen molar-refractivity contribution in [3.05, 3.63) is 27.9 Å². The minimum atomic E-state index is -5.08. The Balaban J connectivity index is 0.000000454. The van der Waals surface area contributed by atoms with Gasteiger partial charge in [-0.05, 0) is 19.3 Å². The molecule has 4 rings (SSSR count). The largest absolute Gasteiger partial charge is 0.490 e. The fourth-order valence-electron chi connectivity index (χ4n) is 3.71. The van der Waals surface area contributed by atoms with Crippen molar-refractivity contribution in [1.29, 1.82) is 0 Å². The van der Waals surface area contributed by atoms with E-state index in [1.54, 1.807) is 17.8 Å². The van der Waals surface area contributed by atoms with E-state index < -0.39 is 17.7 Å². The van der Waals surface area contributed by atoms with E-state index in [9.17, 15) is 18.0 Å². The van der Waals surface area contributed by atoms with E-state index in [0.29, 0.717) is 35.2 Å². The predicted molar refractivity (Wildman–Crippen MR) is 128 cm³/mol. The van der Waals surface area contributed by atoms with E-state index in [2.05, 4.69) is 36.2 Å². The Kier molecular flexibility index (Phi) is 8.67. The van der Waals surface area contributed by atoms with Gasteiger partial charge in [-0.15, -0.1) is 11.3 Å². The summed E-state index contributed by atoms with van der Waals surface area (Å²) in [5, 5.41) is 17.0. The second-order valence-electron chi connectivity index (χ2n) is 8.81. The molecule has 15 heteroatoms. The van der Waals surface area contributed by atoms with Gasteiger partial charge < -0.3 is 25.4 Å². The lowest BCUT2D eigenvalue weighted by molar-refractivity contribution is -0.192. The Labute approximate surface area is 212 Å². The number of carbonyl (C=O) groups excluding carboxylic acids is 1. The second kappa shape index (κ2) is 11.2. The number of thiazole rings is 1. The Morgan fingerprint density at radius 1 is 1.39 bits per heavy atom. The first-order valence-corrected chi connectivity index (χ1v) is 12.8. The quantitative estimate of drug-likeness (QED) is 0.504. The van der Waals surface area contributed by atoms with Crippen LogP contribution in [-0.2, 0) is 21.5 Å². The number of alkyl halides is 3. The summed E-state index contributed by atoms with van der Waals surface area (Å²) >= 11 is 3.05. The van der Waals surface area contributed by atoms with Crippen LogP contribution < -0.4 is 11.1 Å². The minimum absolute atomic E-state index is 0.189. The van der Waals surface area contributed by atoms with Gasteiger partial charge in [0, 0.05) is 29.5 Å². The minimum Gasteiger partial charge on any atom is -0.475 e. The number of aromatic nitrogens is 2. The van der Waals surface area contributed by atoms with Crippen molar-refractivity contribution in [3.63, 3.8) is 0 Å². The molecular formula is C21H26F3N5O5S2. The third-order valence-electron chi connectivity index (χ3n) is 5.38. The van der Waals surface area contributed by atoms with Crippen molar-refractivity contribution in [3.8, 4) is 0 Å². The summed E-state index contributed by atoms with van der Waals surface area (Å²) in [6, 6.07) is 1.68. The highest BCUT2D eigenvalue weighted by Gasteiger charge is 2.49. The molecule has 4 heterocycles. The first-order chi connectivity index (χ1) is 16.8. The van der Waals surface area contributed by atoms with Crippen LogP contribution in [0.2, 0.25) is 0 Å². The van der Waals surface area contributed by atoms with Crippen LogP contribution in [0.3, 0.4) is 0 Å². The number of hydrogen-bond donors (Lipinski definition) is 3. The molecular weight excluding hydrogens is 523 g/mol. The highest BCUT2D eigenvalue weighted by molar-refractivity contribution is 8.13. The van der Waals surface area contributed by atoms with E-state index in [1.807, 2.05) is 5.38 Å². The van der Waals surface area contributed by atoms with Gasteiger partial charge in [0.25, 0.3) is 5.91 Å². The summed E-state index contributed by atoms with van der Waals surface area (Å²) in [7, 11) is 0. The topological polar surface area (TPSA) is 153 Å². The van der Waals surface area contributed by atoms with Crippen LogP contribution in [0.15, 0.2) is 21.0 Å². The molecule has 0 radical (unpaired) electrons. The van der Waals surface area contributed by atoms with Crippen LogP contribution in [0, 0.1) is 11.8 Å². The fourth-order valence-corrected chi connectivity index (χ4v) is 5.68. The number of anilines is 1. The highest BCUT2D eigenvalue weighted by atomic mass is 32.2. The van der Waals surface area contributed by atoms with Crippen LogP contribution in [0.25, 0.3) is 0 Å². The number of nitrogens with zero attached hydrogens (tertiary/aromatic N) is 3. The summed E-state index contributed by atoms with van der Waals surface area (Å²) in [5.41, 5.74) is 5.72. The number of nitrogens with two attached hydrogens (primary N) is 1. The summed E-state index contributed by atoms with van der Waals surface area (Å²) in [4.78, 5) is 30.9. The number of amides is 1. The number of nitrogens with one attached hydrogen (secondary N) is 1. The number of hydrogen-bond acceptors (Lipinski definition) is 10. The number of aliphatic imine (C=N–C) groups is 1. The van der Waals surface area contributed by atoms with Crippen molar-refractivity contribution < 1.29 is 37.1 Å². The molecule has 0 saturated carbocycles. The summed E-state index contributed by atoms with van der Waals surface area (Å²) in [5.74, 6) is -0.312. The van der Waals surface area contributed by atoms with E-state index in [1.165, 1.54) is 11.3 Å². The normalized spacial score (nSPS) is 23.8. The molecule has 2 aromatic heterocycles. The zero-order valence-corrected chi connectivity index (χ0v) is 21.3. The Morgan fingerprint density at radius 2 is 2.08 bits per heavy atom. The lowest BCUT2D eigenvalue weighted by atomic mass is 9.80. The van der Waals surface area contributed by atoms with Crippen LogP contribution in [-0.4, -0.2) is 56.9 Å².